The molecule has 1 aromatic carbocycles. The minimum atomic E-state index is 0.189. The molecule has 2 rings (SSSR count). The summed E-state index contributed by atoms with van der Waals surface area (Å²) >= 11 is 0. The molecule has 1 aromatic rings. The summed E-state index contributed by atoms with van der Waals surface area (Å²) in [4.78, 5) is 14.8. The van der Waals surface area contributed by atoms with Crippen molar-refractivity contribution in [2.24, 2.45) is 17.6 Å². The van der Waals surface area contributed by atoms with Crippen LogP contribution in [0, 0.1) is 18.8 Å². The monoisotopic (exact) mass is 274 g/mol. The van der Waals surface area contributed by atoms with Gasteiger partial charge in [0.1, 0.15) is 0 Å². The second-order valence-electron chi connectivity index (χ2n) is 5.98. The molecule has 0 heterocycles. The molecule has 1 amide bonds. The quantitative estimate of drug-likeness (QED) is 0.896. The lowest BCUT2D eigenvalue weighted by molar-refractivity contribution is -0.123. The fourth-order valence-electron chi connectivity index (χ4n) is 3.05. The van der Waals surface area contributed by atoms with Crippen LogP contribution in [0.2, 0.25) is 0 Å². The van der Waals surface area contributed by atoms with Gasteiger partial charge in [0.15, 0.2) is 0 Å². The summed E-state index contributed by atoms with van der Waals surface area (Å²) in [5.41, 5.74) is 7.85. The molecule has 2 N–H and O–H groups in total. The van der Waals surface area contributed by atoms with Crippen LogP contribution in [0.4, 0.5) is 5.69 Å². The minimum Gasteiger partial charge on any atom is -0.330 e. The third-order valence-electron chi connectivity index (χ3n) is 4.38. The van der Waals surface area contributed by atoms with E-state index in [9.17, 15) is 4.79 Å². The van der Waals surface area contributed by atoms with Gasteiger partial charge in [-0.1, -0.05) is 31.0 Å². The molecule has 0 aromatic heterocycles. The summed E-state index contributed by atoms with van der Waals surface area (Å²) in [6, 6.07) is 8.22. The summed E-state index contributed by atoms with van der Waals surface area (Å²) in [5.74, 6) is 0.981. The maximum absolute atomic E-state index is 12.8. The highest BCUT2D eigenvalue weighted by Crippen LogP contribution is 2.33. The first-order valence-corrected chi connectivity index (χ1v) is 7.71. The van der Waals surface area contributed by atoms with Gasteiger partial charge < -0.3 is 10.6 Å². The van der Waals surface area contributed by atoms with Gasteiger partial charge in [0.25, 0.3) is 0 Å². The molecule has 1 aliphatic rings. The van der Waals surface area contributed by atoms with E-state index < -0.39 is 0 Å². The molecule has 3 nitrogen and oxygen atoms in total. The highest BCUT2D eigenvalue weighted by atomic mass is 16.2. The molecule has 0 spiro atoms. The molecule has 20 heavy (non-hydrogen) atoms. The molecule has 1 fully saturated rings. The van der Waals surface area contributed by atoms with Crippen molar-refractivity contribution in [3.8, 4) is 0 Å². The van der Waals surface area contributed by atoms with Gasteiger partial charge in [0, 0.05) is 18.2 Å². The van der Waals surface area contributed by atoms with Crippen LogP contribution in [-0.4, -0.2) is 19.0 Å². The van der Waals surface area contributed by atoms with E-state index in [1.54, 1.807) is 0 Å². The Labute approximate surface area is 122 Å². The van der Waals surface area contributed by atoms with Crippen molar-refractivity contribution in [1.82, 2.24) is 0 Å². The lowest BCUT2D eigenvalue weighted by atomic mass is 9.96. The molecule has 2 atom stereocenters. The van der Waals surface area contributed by atoms with Crippen LogP contribution < -0.4 is 10.6 Å². The highest BCUT2D eigenvalue weighted by molar-refractivity contribution is 5.95. The van der Waals surface area contributed by atoms with Crippen LogP contribution in [-0.2, 0) is 4.79 Å². The van der Waals surface area contributed by atoms with Crippen molar-refractivity contribution < 1.29 is 4.79 Å². The molecule has 0 aliphatic heterocycles. The Balaban J connectivity index is 2.18. The number of anilines is 1. The SMILES string of the molecule is Cc1ccc(N(CCCN)C(=O)C2CCCC2C)cc1. The summed E-state index contributed by atoms with van der Waals surface area (Å²) in [7, 11) is 0. The Kier molecular flexibility index (Phi) is 5.18. The Hall–Kier alpha value is -1.35. The fraction of sp³-hybridized carbons (Fsp3) is 0.588. The van der Waals surface area contributed by atoms with E-state index in [0.29, 0.717) is 12.5 Å². The largest absolute Gasteiger partial charge is 0.330 e. The first kappa shape index (κ1) is 15.0. The zero-order chi connectivity index (χ0) is 14.5. The smallest absolute Gasteiger partial charge is 0.230 e. The number of carbonyl (C=O) groups is 1. The second-order valence-corrected chi connectivity index (χ2v) is 5.98. The predicted molar refractivity (Wildman–Crippen MR) is 83.7 cm³/mol. The predicted octanol–water partition coefficient (Wildman–Crippen LogP) is 3.11. The van der Waals surface area contributed by atoms with E-state index in [1.165, 1.54) is 18.4 Å². The Bertz CT molecular complexity index is 441. The summed E-state index contributed by atoms with van der Waals surface area (Å²) in [6.45, 7) is 5.61. The van der Waals surface area contributed by atoms with Crippen molar-refractivity contribution >= 4 is 11.6 Å². The van der Waals surface area contributed by atoms with Crippen molar-refractivity contribution in [3.05, 3.63) is 29.8 Å². The summed E-state index contributed by atoms with van der Waals surface area (Å²) in [5, 5.41) is 0. The van der Waals surface area contributed by atoms with E-state index in [0.717, 1.165) is 25.1 Å². The number of rotatable bonds is 5. The van der Waals surface area contributed by atoms with Gasteiger partial charge in [-0.05, 0) is 50.8 Å². The maximum atomic E-state index is 12.8. The number of nitrogens with zero attached hydrogens (tertiary/aromatic N) is 1. The van der Waals surface area contributed by atoms with Crippen LogP contribution in [0.25, 0.3) is 0 Å². The molecule has 0 saturated heterocycles. The lowest BCUT2D eigenvalue weighted by Gasteiger charge is -2.27. The molecule has 110 valence electrons. The summed E-state index contributed by atoms with van der Waals surface area (Å²) in [6.07, 6.45) is 4.23. The Morgan fingerprint density at radius 2 is 2.00 bits per heavy atom. The van der Waals surface area contributed by atoms with Crippen LogP contribution in [0.1, 0.15) is 38.2 Å². The maximum Gasteiger partial charge on any atom is 0.230 e. The van der Waals surface area contributed by atoms with Crippen molar-refractivity contribution in [2.45, 2.75) is 39.5 Å². The highest BCUT2D eigenvalue weighted by Gasteiger charge is 2.33. The van der Waals surface area contributed by atoms with E-state index in [1.807, 2.05) is 17.0 Å². The van der Waals surface area contributed by atoms with E-state index in [4.69, 9.17) is 5.73 Å². The fourth-order valence-corrected chi connectivity index (χ4v) is 3.05. The van der Waals surface area contributed by atoms with Gasteiger partial charge in [-0.25, -0.2) is 0 Å². The third kappa shape index (κ3) is 3.40. The molecule has 2 unspecified atom stereocenters. The first-order chi connectivity index (χ1) is 9.63. The van der Waals surface area contributed by atoms with Crippen molar-refractivity contribution in [1.29, 1.82) is 0 Å². The van der Waals surface area contributed by atoms with Gasteiger partial charge in [-0.3, -0.25) is 4.79 Å². The minimum absolute atomic E-state index is 0.189. The van der Waals surface area contributed by atoms with Crippen LogP contribution in [0.3, 0.4) is 0 Å². The number of hydrogen-bond donors (Lipinski definition) is 1. The van der Waals surface area contributed by atoms with E-state index in [-0.39, 0.29) is 11.8 Å². The van der Waals surface area contributed by atoms with Crippen molar-refractivity contribution in [3.63, 3.8) is 0 Å². The van der Waals surface area contributed by atoms with Crippen LogP contribution in [0.15, 0.2) is 24.3 Å². The summed E-state index contributed by atoms with van der Waals surface area (Å²) < 4.78 is 0. The topological polar surface area (TPSA) is 46.3 Å². The zero-order valence-corrected chi connectivity index (χ0v) is 12.6. The molecule has 3 heteroatoms. The number of nitrogens with two attached hydrogens (primary N) is 1. The van der Waals surface area contributed by atoms with E-state index >= 15 is 0 Å². The molecular weight excluding hydrogens is 248 g/mol. The number of benzene rings is 1. The molecule has 0 radical (unpaired) electrons. The van der Waals surface area contributed by atoms with Crippen LogP contribution in [0.5, 0.6) is 0 Å². The molecular formula is C17H26N2O. The zero-order valence-electron chi connectivity index (χ0n) is 12.6. The molecule has 1 aliphatic carbocycles. The molecule has 1 saturated carbocycles. The van der Waals surface area contributed by atoms with Gasteiger partial charge in [0.05, 0.1) is 0 Å². The molecule has 0 bridgehead atoms. The van der Waals surface area contributed by atoms with Gasteiger partial charge >= 0.3 is 0 Å². The average Bonchev–Trinajstić information content (AvgIpc) is 2.87. The number of carbonyl (C=O) groups excluding carboxylic acids is 1. The van der Waals surface area contributed by atoms with Crippen molar-refractivity contribution in [2.75, 3.05) is 18.0 Å². The first-order valence-electron chi connectivity index (χ1n) is 7.71. The van der Waals surface area contributed by atoms with E-state index in [2.05, 4.69) is 26.0 Å². The third-order valence-corrected chi connectivity index (χ3v) is 4.38. The normalized spacial score (nSPS) is 21.9. The Morgan fingerprint density at radius 1 is 1.30 bits per heavy atom. The number of hydrogen-bond acceptors (Lipinski definition) is 2. The second kappa shape index (κ2) is 6.89. The standard InChI is InChI=1S/C17H26N2O/c1-13-7-9-15(10-8-13)19(12-4-11-18)17(20)16-6-3-5-14(16)2/h7-10,14,16H,3-6,11-12,18H2,1-2H3. The van der Waals surface area contributed by atoms with Gasteiger partial charge in [-0.2, -0.15) is 0 Å². The lowest BCUT2D eigenvalue weighted by Crippen LogP contribution is -2.38. The number of amides is 1. The average molecular weight is 274 g/mol. The Morgan fingerprint density at radius 3 is 2.55 bits per heavy atom. The van der Waals surface area contributed by atoms with Gasteiger partial charge in [0.2, 0.25) is 5.91 Å². The number of aryl methyl sites for hydroxylation is 1. The van der Waals surface area contributed by atoms with Gasteiger partial charge in [-0.15, -0.1) is 0 Å². The van der Waals surface area contributed by atoms with Crippen LogP contribution >= 0.6 is 0 Å².